The second-order valence-corrected chi connectivity index (χ2v) is 8.67. The topological polar surface area (TPSA) is 82.1 Å². The van der Waals surface area contributed by atoms with Gasteiger partial charge in [0.2, 0.25) is 5.91 Å². The Morgan fingerprint density at radius 1 is 1.31 bits per heavy atom. The highest BCUT2D eigenvalue weighted by Gasteiger charge is 2.57. The molecule has 1 unspecified atom stereocenters. The molecule has 1 atom stereocenters. The summed E-state index contributed by atoms with van der Waals surface area (Å²) in [6.45, 7) is 16.4. The zero-order valence-corrected chi connectivity index (χ0v) is 17.7. The van der Waals surface area contributed by atoms with Crippen LogP contribution in [0, 0.1) is 0 Å². The molecule has 1 aliphatic heterocycles. The van der Waals surface area contributed by atoms with Crippen LogP contribution in [0.4, 0.5) is 0 Å². The minimum Gasteiger partial charge on any atom is -0.395 e. The normalized spacial score (nSPS) is 21.6. The Labute approximate surface area is 158 Å². The number of amides is 2. The summed E-state index contributed by atoms with van der Waals surface area (Å²) in [5.74, 6) is -0.265. The first kappa shape index (κ1) is 22.9. The molecule has 1 aliphatic rings. The number of aliphatic hydroxyl groups excluding tert-OH is 1. The van der Waals surface area contributed by atoms with Gasteiger partial charge in [0, 0.05) is 18.6 Å². The minimum atomic E-state index is -0.819. The Bertz CT molecular complexity index is 509. The van der Waals surface area contributed by atoms with Gasteiger partial charge >= 0.3 is 0 Å². The van der Waals surface area contributed by atoms with Gasteiger partial charge in [-0.05, 0) is 54.4 Å². The fourth-order valence-corrected chi connectivity index (χ4v) is 3.59. The summed E-state index contributed by atoms with van der Waals surface area (Å²) in [7, 11) is 0. The van der Waals surface area contributed by atoms with E-state index in [1.165, 1.54) is 0 Å². The summed E-state index contributed by atoms with van der Waals surface area (Å²) in [6, 6.07) is 0. The quantitative estimate of drug-likeness (QED) is 0.712. The molecule has 1 heterocycles. The third-order valence-electron chi connectivity index (χ3n) is 5.15. The first-order valence-electron chi connectivity index (χ1n) is 9.55. The summed E-state index contributed by atoms with van der Waals surface area (Å²) in [5.41, 5.74) is -1.57. The Kier molecular flexibility index (Phi) is 7.24. The van der Waals surface area contributed by atoms with Gasteiger partial charge in [0.1, 0.15) is 5.54 Å². The van der Waals surface area contributed by atoms with Crippen LogP contribution in [0.3, 0.4) is 0 Å². The van der Waals surface area contributed by atoms with Gasteiger partial charge < -0.3 is 15.3 Å². The van der Waals surface area contributed by atoms with Crippen LogP contribution in [0.5, 0.6) is 0 Å². The Morgan fingerprint density at radius 3 is 2.27 bits per heavy atom. The van der Waals surface area contributed by atoms with Crippen molar-refractivity contribution in [2.24, 2.45) is 0 Å². The third-order valence-corrected chi connectivity index (χ3v) is 5.15. The van der Waals surface area contributed by atoms with Gasteiger partial charge in [-0.3, -0.25) is 14.4 Å². The van der Waals surface area contributed by atoms with E-state index < -0.39 is 17.2 Å². The van der Waals surface area contributed by atoms with Crippen molar-refractivity contribution in [2.45, 2.75) is 91.0 Å². The van der Waals surface area contributed by atoms with E-state index in [4.69, 9.17) is 9.94 Å². The van der Waals surface area contributed by atoms with Gasteiger partial charge in [-0.1, -0.05) is 13.8 Å². The molecule has 0 aromatic carbocycles. The Hall–Kier alpha value is -1.18. The van der Waals surface area contributed by atoms with Crippen LogP contribution in [0.1, 0.15) is 68.2 Å². The van der Waals surface area contributed by atoms with Crippen molar-refractivity contribution in [3.8, 4) is 0 Å². The molecule has 1 fully saturated rings. The molecular weight excluding hydrogens is 334 g/mol. The predicted molar refractivity (Wildman–Crippen MR) is 101 cm³/mol. The number of rotatable bonds is 7. The number of hydrogen-bond donors (Lipinski definition) is 2. The lowest BCUT2D eigenvalue weighted by atomic mass is 9.80. The number of carbonyl (C=O) groups excluding carboxylic acids is 2. The summed E-state index contributed by atoms with van der Waals surface area (Å²) >= 11 is 0. The molecule has 152 valence electrons. The zero-order valence-electron chi connectivity index (χ0n) is 17.7. The highest BCUT2D eigenvalue weighted by Crippen LogP contribution is 2.41. The number of nitrogens with zero attached hydrogens (tertiary/aromatic N) is 2. The van der Waals surface area contributed by atoms with Crippen LogP contribution >= 0.6 is 0 Å². The number of piperazine rings is 1. The molecule has 2 amide bonds. The van der Waals surface area contributed by atoms with Crippen LogP contribution in [0.15, 0.2) is 0 Å². The van der Waals surface area contributed by atoms with E-state index in [0.29, 0.717) is 19.4 Å². The van der Waals surface area contributed by atoms with Crippen LogP contribution in [0.25, 0.3) is 0 Å². The minimum absolute atomic E-state index is 0.0392. The highest BCUT2D eigenvalue weighted by atomic mass is 16.7. The molecule has 0 aliphatic carbocycles. The van der Waals surface area contributed by atoms with Crippen LogP contribution in [-0.2, 0) is 14.4 Å². The third kappa shape index (κ3) is 4.38. The molecule has 0 radical (unpaired) electrons. The first-order valence-corrected chi connectivity index (χ1v) is 9.55. The molecule has 0 bridgehead atoms. The van der Waals surface area contributed by atoms with E-state index in [0.717, 1.165) is 0 Å². The first-order chi connectivity index (χ1) is 11.9. The molecule has 0 spiro atoms. The number of carbonyl (C=O) groups is 2. The highest BCUT2D eigenvalue weighted by molar-refractivity contribution is 5.88. The fourth-order valence-electron chi connectivity index (χ4n) is 3.59. The number of hydroxylamine groups is 2. The fraction of sp³-hybridized carbons (Fsp3) is 0.895. The maximum Gasteiger partial charge on any atom is 0.251 e. The van der Waals surface area contributed by atoms with Crippen molar-refractivity contribution in [1.82, 2.24) is 15.3 Å². The number of nitrogens with one attached hydrogen (secondary N) is 1. The predicted octanol–water partition coefficient (Wildman–Crippen LogP) is 1.70. The average Bonchev–Trinajstić information content (AvgIpc) is 2.55. The molecule has 7 heteroatoms. The lowest BCUT2D eigenvalue weighted by Gasteiger charge is -2.59. The lowest BCUT2D eigenvalue weighted by Crippen LogP contribution is -2.75. The van der Waals surface area contributed by atoms with Gasteiger partial charge in [0.25, 0.3) is 5.91 Å². The second kappa shape index (κ2) is 8.23. The SMILES string of the molecule is CCC1(CC)C(=O)N(C(C)(C)C)CC(C)(C)N1OC(C)C(=O)NCCO. The molecule has 1 saturated heterocycles. The summed E-state index contributed by atoms with van der Waals surface area (Å²) in [6.07, 6.45) is 0.416. The van der Waals surface area contributed by atoms with E-state index in [1.54, 1.807) is 12.0 Å². The van der Waals surface area contributed by atoms with Crippen molar-refractivity contribution < 1.29 is 19.5 Å². The van der Waals surface area contributed by atoms with Gasteiger partial charge in [-0.15, -0.1) is 0 Å². The van der Waals surface area contributed by atoms with Crippen molar-refractivity contribution >= 4 is 11.8 Å². The molecule has 26 heavy (non-hydrogen) atoms. The smallest absolute Gasteiger partial charge is 0.251 e. The summed E-state index contributed by atoms with van der Waals surface area (Å²) in [4.78, 5) is 33.7. The van der Waals surface area contributed by atoms with E-state index in [-0.39, 0.29) is 30.5 Å². The molecule has 2 N–H and O–H groups in total. The van der Waals surface area contributed by atoms with Crippen molar-refractivity contribution in [3.63, 3.8) is 0 Å². The molecular formula is C19H37N3O4. The van der Waals surface area contributed by atoms with Crippen LogP contribution < -0.4 is 5.32 Å². The average molecular weight is 372 g/mol. The lowest BCUT2D eigenvalue weighted by molar-refractivity contribution is -0.304. The van der Waals surface area contributed by atoms with Crippen molar-refractivity contribution in [1.29, 1.82) is 0 Å². The van der Waals surface area contributed by atoms with Gasteiger partial charge in [-0.25, -0.2) is 0 Å². The molecule has 7 nitrogen and oxygen atoms in total. The van der Waals surface area contributed by atoms with E-state index in [2.05, 4.69) is 5.32 Å². The standard InChI is InChI=1S/C19H37N3O4/c1-9-19(10-2)16(25)21(17(4,5)6)13-18(7,8)22(19)26-14(3)15(24)20-11-12-23/h14,23H,9-13H2,1-8H3,(H,20,24). The summed E-state index contributed by atoms with van der Waals surface area (Å²) in [5, 5.41) is 13.3. The van der Waals surface area contributed by atoms with Crippen molar-refractivity contribution in [3.05, 3.63) is 0 Å². The molecule has 0 aromatic heterocycles. The second-order valence-electron chi connectivity index (χ2n) is 8.67. The van der Waals surface area contributed by atoms with Gasteiger partial charge in [-0.2, -0.15) is 5.06 Å². The van der Waals surface area contributed by atoms with Gasteiger partial charge in [0.05, 0.1) is 12.1 Å². The van der Waals surface area contributed by atoms with Crippen molar-refractivity contribution in [2.75, 3.05) is 19.7 Å². The number of hydrogen-bond acceptors (Lipinski definition) is 5. The molecule has 0 saturated carbocycles. The van der Waals surface area contributed by atoms with E-state index in [9.17, 15) is 9.59 Å². The largest absolute Gasteiger partial charge is 0.395 e. The maximum absolute atomic E-state index is 13.4. The maximum atomic E-state index is 13.4. The zero-order chi connectivity index (χ0) is 20.3. The monoisotopic (exact) mass is 371 g/mol. The summed E-state index contributed by atoms with van der Waals surface area (Å²) < 4.78 is 0. The van der Waals surface area contributed by atoms with E-state index >= 15 is 0 Å². The molecule has 1 rings (SSSR count). The van der Waals surface area contributed by atoms with Crippen LogP contribution in [-0.4, -0.2) is 69.3 Å². The Morgan fingerprint density at radius 2 is 1.85 bits per heavy atom. The van der Waals surface area contributed by atoms with Gasteiger partial charge in [0.15, 0.2) is 6.10 Å². The molecule has 0 aromatic rings. The number of aliphatic hydroxyl groups is 1. The Balaban J connectivity index is 3.23. The van der Waals surface area contributed by atoms with Crippen LogP contribution in [0.2, 0.25) is 0 Å². The van der Waals surface area contributed by atoms with E-state index in [1.807, 2.05) is 53.4 Å².